The number of benzene rings is 2. The summed E-state index contributed by atoms with van der Waals surface area (Å²) in [5, 5.41) is 7.31. The number of nitrogens with one attached hydrogen (secondary N) is 1. The average Bonchev–Trinajstić information content (AvgIpc) is 2.70. The minimum absolute atomic E-state index is 0.0431. The number of nitrogens with zero attached hydrogens (tertiary/aromatic N) is 2. The molecule has 0 fully saturated rings. The summed E-state index contributed by atoms with van der Waals surface area (Å²) in [4.78, 5) is 37.2. The summed E-state index contributed by atoms with van der Waals surface area (Å²) < 4.78 is 19.4. The lowest BCUT2D eigenvalue weighted by Crippen LogP contribution is -2.31. The molecular weight excluding hydrogens is 365 g/mol. The summed E-state index contributed by atoms with van der Waals surface area (Å²) in [6, 6.07) is 11.8. The van der Waals surface area contributed by atoms with Gasteiger partial charge in [-0.15, -0.1) is 0 Å². The molecule has 0 aliphatic carbocycles. The van der Waals surface area contributed by atoms with Gasteiger partial charge in [-0.1, -0.05) is 18.2 Å². The van der Waals surface area contributed by atoms with Crippen molar-refractivity contribution in [1.82, 2.24) is 9.78 Å². The minimum Gasteiger partial charge on any atom is -0.448 e. The Labute approximate surface area is 159 Å². The van der Waals surface area contributed by atoms with Crippen LogP contribution in [-0.4, -0.2) is 27.8 Å². The number of carbonyl (C=O) groups excluding carboxylic acids is 2. The number of hydrogen-bond acceptors (Lipinski definition) is 5. The quantitative estimate of drug-likeness (QED) is 0.684. The highest BCUT2D eigenvalue weighted by molar-refractivity contribution is 6.03. The number of aryl methyl sites for hydroxylation is 1. The smallest absolute Gasteiger partial charge is 0.360 e. The highest BCUT2D eigenvalue weighted by Gasteiger charge is 2.23. The fourth-order valence-corrected chi connectivity index (χ4v) is 2.65. The van der Waals surface area contributed by atoms with Crippen LogP contribution in [0.2, 0.25) is 0 Å². The molecule has 1 heterocycles. The Morgan fingerprint density at radius 1 is 1.14 bits per heavy atom. The maximum atomic E-state index is 12.9. The molecule has 1 N–H and O–H groups in total. The van der Waals surface area contributed by atoms with E-state index in [-0.39, 0.29) is 17.8 Å². The predicted molar refractivity (Wildman–Crippen MR) is 102 cm³/mol. The van der Waals surface area contributed by atoms with E-state index in [4.69, 9.17) is 4.74 Å². The highest BCUT2D eigenvalue weighted by Crippen LogP contribution is 2.16. The summed E-state index contributed by atoms with van der Waals surface area (Å²) in [6.07, 6.45) is -1.12. The summed E-state index contributed by atoms with van der Waals surface area (Å²) >= 11 is 0. The van der Waals surface area contributed by atoms with Crippen LogP contribution >= 0.6 is 0 Å². The zero-order valence-corrected chi connectivity index (χ0v) is 15.3. The monoisotopic (exact) mass is 383 g/mol. The Kier molecular flexibility index (Phi) is 5.49. The van der Waals surface area contributed by atoms with Gasteiger partial charge in [-0.05, 0) is 44.2 Å². The lowest BCUT2D eigenvalue weighted by molar-refractivity contribution is -0.123. The van der Waals surface area contributed by atoms with Gasteiger partial charge in [0.1, 0.15) is 5.82 Å². The molecule has 0 bridgehead atoms. The summed E-state index contributed by atoms with van der Waals surface area (Å²) in [6.45, 7) is 3.43. The van der Waals surface area contributed by atoms with E-state index in [0.717, 1.165) is 0 Å². The third-order valence-electron chi connectivity index (χ3n) is 4.13. The van der Waals surface area contributed by atoms with Crippen molar-refractivity contribution in [3.05, 3.63) is 70.4 Å². The third kappa shape index (κ3) is 3.90. The maximum Gasteiger partial charge on any atom is 0.360 e. The number of ether oxygens (including phenoxy) is 1. The lowest BCUT2D eigenvalue weighted by Gasteiger charge is -2.14. The van der Waals surface area contributed by atoms with E-state index >= 15 is 0 Å². The molecule has 0 saturated heterocycles. The van der Waals surface area contributed by atoms with Crippen molar-refractivity contribution in [2.24, 2.45) is 0 Å². The Hall–Kier alpha value is -3.55. The molecule has 0 radical (unpaired) electrons. The van der Waals surface area contributed by atoms with Crippen LogP contribution in [-0.2, 0) is 16.1 Å². The molecule has 3 aromatic rings. The molecule has 7 nitrogen and oxygen atoms in total. The van der Waals surface area contributed by atoms with Crippen molar-refractivity contribution in [3.8, 4) is 0 Å². The second kappa shape index (κ2) is 7.99. The Balaban J connectivity index is 1.82. The first kappa shape index (κ1) is 19.2. The van der Waals surface area contributed by atoms with Gasteiger partial charge in [0.2, 0.25) is 0 Å². The number of anilines is 1. The van der Waals surface area contributed by atoms with E-state index in [1.165, 1.54) is 35.9 Å². The Morgan fingerprint density at radius 2 is 1.79 bits per heavy atom. The van der Waals surface area contributed by atoms with Gasteiger partial charge < -0.3 is 10.1 Å². The number of hydrogen-bond donors (Lipinski definition) is 1. The van der Waals surface area contributed by atoms with Gasteiger partial charge in [0.05, 0.1) is 5.39 Å². The van der Waals surface area contributed by atoms with Crippen LogP contribution < -0.4 is 10.9 Å². The largest absolute Gasteiger partial charge is 0.448 e. The van der Waals surface area contributed by atoms with Crippen LogP contribution in [0.3, 0.4) is 0 Å². The standard InChI is InChI=1S/C20H18FN3O4/c1-3-24-19(26)16-7-5-4-6-15(16)17(23-24)20(27)28-12(2)18(25)22-14-10-8-13(21)9-11-14/h4-12H,3H2,1-2H3,(H,22,25). The van der Waals surface area contributed by atoms with Gasteiger partial charge in [0.15, 0.2) is 11.8 Å². The first-order valence-corrected chi connectivity index (χ1v) is 8.68. The Bertz CT molecular complexity index is 1090. The van der Waals surface area contributed by atoms with Crippen LogP contribution in [0.5, 0.6) is 0 Å². The van der Waals surface area contributed by atoms with E-state index in [9.17, 15) is 18.8 Å². The molecule has 1 unspecified atom stereocenters. The molecular formula is C20H18FN3O4. The van der Waals surface area contributed by atoms with Crippen LogP contribution in [0.1, 0.15) is 24.3 Å². The van der Waals surface area contributed by atoms with E-state index in [1.807, 2.05) is 0 Å². The number of carbonyl (C=O) groups is 2. The van der Waals surface area contributed by atoms with Gasteiger partial charge in [0.25, 0.3) is 11.5 Å². The molecule has 0 aliphatic heterocycles. The summed E-state index contributed by atoms with van der Waals surface area (Å²) in [7, 11) is 0. The fourth-order valence-electron chi connectivity index (χ4n) is 2.65. The zero-order valence-electron chi connectivity index (χ0n) is 15.3. The molecule has 1 atom stereocenters. The van der Waals surface area contributed by atoms with Gasteiger partial charge >= 0.3 is 5.97 Å². The van der Waals surface area contributed by atoms with Crippen LogP contribution in [0, 0.1) is 5.82 Å². The second-order valence-electron chi connectivity index (χ2n) is 6.06. The molecule has 1 aromatic heterocycles. The average molecular weight is 383 g/mol. The number of halogens is 1. The highest BCUT2D eigenvalue weighted by atomic mass is 19.1. The van der Waals surface area contributed by atoms with Crippen molar-refractivity contribution >= 4 is 28.3 Å². The fraction of sp³-hybridized carbons (Fsp3) is 0.200. The first-order valence-electron chi connectivity index (χ1n) is 8.68. The van der Waals surface area contributed by atoms with Crippen molar-refractivity contribution < 1.29 is 18.7 Å². The lowest BCUT2D eigenvalue weighted by atomic mass is 10.1. The first-order chi connectivity index (χ1) is 13.4. The van der Waals surface area contributed by atoms with E-state index in [2.05, 4.69) is 10.4 Å². The number of fused-ring (bicyclic) bond motifs is 1. The predicted octanol–water partition coefficient (Wildman–Crippen LogP) is 2.74. The number of rotatable bonds is 5. The molecule has 0 saturated carbocycles. The molecule has 1 amide bonds. The molecule has 8 heteroatoms. The van der Waals surface area contributed by atoms with E-state index in [0.29, 0.717) is 16.5 Å². The van der Waals surface area contributed by atoms with Crippen LogP contribution in [0.4, 0.5) is 10.1 Å². The SMILES string of the molecule is CCn1nc(C(=O)OC(C)C(=O)Nc2ccc(F)cc2)c2ccccc2c1=O. The Morgan fingerprint density at radius 3 is 2.43 bits per heavy atom. The van der Waals surface area contributed by atoms with Gasteiger partial charge in [-0.3, -0.25) is 9.59 Å². The minimum atomic E-state index is -1.12. The van der Waals surface area contributed by atoms with E-state index in [1.54, 1.807) is 31.2 Å². The van der Waals surface area contributed by atoms with Crippen molar-refractivity contribution in [1.29, 1.82) is 0 Å². The third-order valence-corrected chi connectivity index (χ3v) is 4.13. The van der Waals surface area contributed by atoms with Gasteiger partial charge in [0, 0.05) is 17.6 Å². The van der Waals surface area contributed by atoms with E-state index < -0.39 is 23.8 Å². The number of aromatic nitrogens is 2. The molecule has 144 valence electrons. The van der Waals surface area contributed by atoms with Crippen molar-refractivity contribution in [2.45, 2.75) is 26.5 Å². The summed E-state index contributed by atoms with van der Waals surface area (Å²) in [5.41, 5.74) is 0.0210. The zero-order chi connectivity index (χ0) is 20.3. The van der Waals surface area contributed by atoms with Gasteiger partial charge in [-0.2, -0.15) is 5.10 Å². The van der Waals surface area contributed by atoms with Gasteiger partial charge in [-0.25, -0.2) is 13.9 Å². The van der Waals surface area contributed by atoms with Crippen molar-refractivity contribution in [3.63, 3.8) is 0 Å². The number of esters is 1. The molecule has 0 aliphatic rings. The molecule has 0 spiro atoms. The molecule has 28 heavy (non-hydrogen) atoms. The number of amides is 1. The summed E-state index contributed by atoms with van der Waals surface area (Å²) in [5.74, 6) is -1.82. The van der Waals surface area contributed by atoms with Crippen LogP contribution in [0.25, 0.3) is 10.8 Å². The maximum absolute atomic E-state index is 12.9. The molecule has 2 aromatic carbocycles. The molecule has 3 rings (SSSR count). The topological polar surface area (TPSA) is 90.3 Å². The van der Waals surface area contributed by atoms with Crippen LogP contribution in [0.15, 0.2) is 53.3 Å². The second-order valence-corrected chi connectivity index (χ2v) is 6.06. The normalized spacial score (nSPS) is 11.8. The van der Waals surface area contributed by atoms with Crippen molar-refractivity contribution in [2.75, 3.05) is 5.32 Å².